The predicted molar refractivity (Wildman–Crippen MR) is 194 cm³/mol. The molecule has 2 saturated carbocycles. The van der Waals surface area contributed by atoms with Gasteiger partial charge >= 0.3 is 0 Å². The van der Waals surface area contributed by atoms with E-state index in [-0.39, 0.29) is 29.8 Å². The molecule has 0 spiro atoms. The molecule has 3 rings (SSSR count). The van der Waals surface area contributed by atoms with Crippen LogP contribution in [-0.2, 0) is 9.59 Å². The first kappa shape index (κ1) is 40.3. The Morgan fingerprint density at radius 1 is 1.09 bits per heavy atom. The van der Waals surface area contributed by atoms with Crippen LogP contribution >= 0.6 is 0 Å². The molecule has 266 valence electrons. The molecule has 9 heteroatoms. The third kappa shape index (κ3) is 11.3. The molecule has 2 aliphatic carbocycles. The predicted octanol–water partition coefficient (Wildman–Crippen LogP) is 3.46. The van der Waals surface area contributed by atoms with Crippen LogP contribution in [0.25, 0.3) is 0 Å². The number of hydrogen-bond acceptors (Lipinski definition) is 5. The van der Waals surface area contributed by atoms with Gasteiger partial charge < -0.3 is 21.1 Å². The Kier molecular flexibility index (Phi) is 17.0. The van der Waals surface area contributed by atoms with Gasteiger partial charge in [-0.2, -0.15) is 0 Å². The van der Waals surface area contributed by atoms with Crippen LogP contribution in [0, 0.1) is 17.8 Å². The van der Waals surface area contributed by atoms with E-state index >= 15 is 0 Å². The lowest BCUT2D eigenvalue weighted by atomic mass is 9.65. The van der Waals surface area contributed by atoms with E-state index in [9.17, 15) is 14.7 Å². The molecule has 9 nitrogen and oxygen atoms in total. The van der Waals surface area contributed by atoms with Crippen LogP contribution in [0.5, 0.6) is 0 Å². The maximum Gasteiger partial charge on any atom is 0.250 e. The van der Waals surface area contributed by atoms with Gasteiger partial charge in [0.25, 0.3) is 5.91 Å². The number of carbonyl (C=O) groups is 2. The standard InChI is InChI=1S/C26H47N5O2.C12H19NO/c1-6-23(27)30-22(15-28-14-17(2)3)26(4)24(32)21(16-31(26)5)29-25(33)20-13-9-11-18-10-7-8-12-19(18)20;1-5-7-11(12(14)13-4)9-8-10(3)6-2/h14,18-22,24,28,32H,6-13,15-16H2,1-5H3,(H2,27,30)(H,29,33);6-9H,5H2,1-4H3,(H,13,14)/p+1/b;9-8-,10-6-,11-7-/t18?,19?,20?,21-,22?,24-,26+;/m1./s1. The zero-order chi connectivity index (χ0) is 35.1. The van der Waals surface area contributed by atoms with Gasteiger partial charge in [-0.1, -0.05) is 75.3 Å². The molecule has 4 unspecified atom stereocenters. The zero-order valence-corrected chi connectivity index (χ0v) is 30.9. The summed E-state index contributed by atoms with van der Waals surface area (Å²) in [6, 6.07) is -0.403. The first-order chi connectivity index (χ1) is 22.3. The normalized spacial score (nSPS) is 29.3. The maximum absolute atomic E-state index is 13.4. The van der Waals surface area contributed by atoms with Crippen molar-refractivity contribution in [3.05, 3.63) is 47.2 Å². The monoisotopic (exact) mass is 656 g/mol. The van der Waals surface area contributed by atoms with Crippen molar-refractivity contribution in [1.29, 1.82) is 0 Å². The minimum absolute atomic E-state index is 0.0352. The SMILES string of the molecule is CCC(N)=[NH+]C(CNC=C(C)C)[C@@]1(C)[C@H](O)[C@H](NC(=O)C2CCCC3CCCCC32)CN1C.C\C=C(C)/C=C\C(=C\CC)C(=O)NC. The lowest BCUT2D eigenvalue weighted by Gasteiger charge is -2.41. The second-order valence-corrected chi connectivity index (χ2v) is 14.1. The van der Waals surface area contributed by atoms with Gasteiger partial charge in [0.2, 0.25) is 11.7 Å². The molecular formula is C38H67N6O3+. The number of fused-ring (bicyclic) bond motifs is 1. The van der Waals surface area contributed by atoms with E-state index in [4.69, 9.17) is 5.73 Å². The van der Waals surface area contributed by atoms with Crippen LogP contribution in [0.4, 0.5) is 0 Å². The van der Waals surface area contributed by atoms with Gasteiger partial charge in [-0.25, -0.2) is 0 Å². The van der Waals surface area contributed by atoms with Crippen LogP contribution in [0.15, 0.2) is 47.2 Å². The van der Waals surface area contributed by atoms with Crippen molar-refractivity contribution >= 4 is 17.6 Å². The number of hydrogen-bond donors (Lipinski definition) is 6. The van der Waals surface area contributed by atoms with Crippen molar-refractivity contribution in [3.8, 4) is 0 Å². The third-order valence-corrected chi connectivity index (χ3v) is 10.6. The minimum atomic E-state index is -0.701. The van der Waals surface area contributed by atoms with Crippen molar-refractivity contribution in [2.45, 2.75) is 130 Å². The number of likely N-dealkylation sites (N-methyl/N-ethyl adjacent to an activating group) is 2. The van der Waals surface area contributed by atoms with Gasteiger partial charge in [-0.15, -0.1) is 0 Å². The van der Waals surface area contributed by atoms with Crippen LogP contribution in [0.1, 0.15) is 106 Å². The summed E-state index contributed by atoms with van der Waals surface area (Å²) in [4.78, 5) is 30.4. The van der Waals surface area contributed by atoms with Crippen LogP contribution in [0.3, 0.4) is 0 Å². The number of amides is 2. The number of allylic oxidation sites excluding steroid dienone is 5. The summed E-state index contributed by atoms with van der Waals surface area (Å²) < 4.78 is 0. The van der Waals surface area contributed by atoms with Gasteiger partial charge in [0.1, 0.15) is 6.04 Å². The van der Waals surface area contributed by atoms with E-state index < -0.39 is 11.6 Å². The van der Waals surface area contributed by atoms with Gasteiger partial charge in [0.15, 0.2) is 0 Å². The third-order valence-electron chi connectivity index (χ3n) is 10.6. The Bertz CT molecular complexity index is 1170. The van der Waals surface area contributed by atoms with Crippen LogP contribution in [-0.4, -0.2) is 78.6 Å². The van der Waals surface area contributed by atoms with Crippen LogP contribution in [0.2, 0.25) is 0 Å². The lowest BCUT2D eigenvalue weighted by Crippen LogP contribution is -2.90. The molecule has 1 heterocycles. The van der Waals surface area contributed by atoms with Gasteiger partial charge in [-0.3, -0.25) is 25.2 Å². The molecule has 0 bridgehead atoms. The molecule has 2 amide bonds. The van der Waals surface area contributed by atoms with Crippen molar-refractivity contribution in [3.63, 3.8) is 0 Å². The maximum atomic E-state index is 13.4. The van der Waals surface area contributed by atoms with Crippen molar-refractivity contribution in [2.75, 3.05) is 27.2 Å². The summed E-state index contributed by atoms with van der Waals surface area (Å²) in [5, 5.41) is 20.8. The molecule has 7 atom stereocenters. The van der Waals surface area contributed by atoms with Crippen molar-refractivity contribution in [1.82, 2.24) is 20.9 Å². The van der Waals surface area contributed by atoms with Gasteiger partial charge in [-0.05, 0) is 85.0 Å². The van der Waals surface area contributed by atoms with Gasteiger partial charge in [0.05, 0.1) is 24.2 Å². The highest BCUT2D eigenvalue weighted by molar-refractivity contribution is 5.96. The summed E-state index contributed by atoms with van der Waals surface area (Å²) in [7, 11) is 3.67. The molecular weight excluding hydrogens is 588 g/mol. The number of rotatable bonds is 12. The highest BCUT2D eigenvalue weighted by Crippen LogP contribution is 2.44. The topological polar surface area (TPSA) is 134 Å². The van der Waals surface area contributed by atoms with E-state index in [0.29, 0.717) is 30.8 Å². The van der Waals surface area contributed by atoms with Crippen LogP contribution < -0.4 is 26.7 Å². The number of amidine groups is 1. The fraction of sp³-hybridized carbons (Fsp3) is 0.711. The highest BCUT2D eigenvalue weighted by atomic mass is 16.3. The van der Waals surface area contributed by atoms with E-state index in [1.165, 1.54) is 37.7 Å². The first-order valence-electron chi connectivity index (χ1n) is 18.0. The zero-order valence-electron chi connectivity index (χ0n) is 30.9. The Hall–Kier alpha value is -2.91. The molecule has 7 N–H and O–H groups in total. The minimum Gasteiger partial charge on any atom is -0.389 e. The number of carbonyl (C=O) groups excluding carboxylic acids is 2. The Morgan fingerprint density at radius 3 is 2.38 bits per heavy atom. The molecule has 0 aromatic heterocycles. The quantitative estimate of drug-likeness (QED) is 0.0826. The van der Waals surface area contributed by atoms with E-state index in [0.717, 1.165) is 36.8 Å². The molecule has 1 saturated heterocycles. The summed E-state index contributed by atoms with van der Waals surface area (Å²) >= 11 is 0. The number of nitrogens with zero attached hydrogens (tertiary/aromatic N) is 1. The number of nitrogens with one attached hydrogen (secondary N) is 4. The smallest absolute Gasteiger partial charge is 0.250 e. The number of aliphatic hydroxyl groups excluding tert-OH is 1. The van der Waals surface area contributed by atoms with Crippen molar-refractivity contribution in [2.24, 2.45) is 23.5 Å². The summed E-state index contributed by atoms with van der Waals surface area (Å²) in [5.41, 5.74) is 8.66. The van der Waals surface area contributed by atoms with E-state index in [1.54, 1.807) is 7.05 Å². The van der Waals surface area contributed by atoms with E-state index in [2.05, 4.69) is 32.8 Å². The summed E-state index contributed by atoms with van der Waals surface area (Å²) in [6.07, 6.45) is 19.0. The fourth-order valence-corrected chi connectivity index (χ4v) is 7.40. The Labute approximate surface area is 285 Å². The molecule has 3 fully saturated rings. The average Bonchev–Trinajstić information content (AvgIpc) is 3.28. The first-order valence-corrected chi connectivity index (χ1v) is 18.0. The van der Waals surface area contributed by atoms with Gasteiger partial charge in [0, 0.05) is 31.5 Å². The number of aliphatic hydroxyl groups is 1. The Morgan fingerprint density at radius 2 is 1.77 bits per heavy atom. The molecule has 0 aromatic rings. The second-order valence-electron chi connectivity index (χ2n) is 14.1. The number of likely N-dealkylation sites (tertiary alicyclic amines) is 1. The summed E-state index contributed by atoms with van der Waals surface area (Å²) in [5.74, 6) is 2.17. The second kappa shape index (κ2) is 19.8. The molecule has 0 aromatic carbocycles. The molecule has 0 radical (unpaired) electrons. The molecule has 47 heavy (non-hydrogen) atoms. The number of nitrogens with two attached hydrogens (primary N) is 1. The lowest BCUT2D eigenvalue weighted by molar-refractivity contribution is -0.522. The average molecular weight is 656 g/mol. The largest absolute Gasteiger partial charge is 0.389 e. The fourth-order valence-electron chi connectivity index (χ4n) is 7.40. The van der Waals surface area contributed by atoms with E-state index in [1.807, 2.05) is 79.1 Å². The van der Waals surface area contributed by atoms with Crippen molar-refractivity contribution < 1.29 is 19.7 Å². The molecule has 1 aliphatic heterocycles. The summed E-state index contributed by atoms with van der Waals surface area (Å²) in [6.45, 7) is 15.4. The molecule has 3 aliphatic rings. The Balaban J connectivity index is 0.000000463. The highest BCUT2D eigenvalue weighted by Gasteiger charge is 2.55.